The lowest BCUT2D eigenvalue weighted by Gasteiger charge is -2.45. The molecule has 2 aliphatic rings. The van der Waals surface area contributed by atoms with Crippen LogP contribution in [0.15, 0.2) is 0 Å². The summed E-state index contributed by atoms with van der Waals surface area (Å²) in [7, 11) is 0. The summed E-state index contributed by atoms with van der Waals surface area (Å²) in [6.07, 6.45) is 6.40. The van der Waals surface area contributed by atoms with Crippen molar-refractivity contribution in [3.05, 3.63) is 0 Å². The van der Waals surface area contributed by atoms with Crippen LogP contribution >= 0.6 is 11.6 Å². The van der Waals surface area contributed by atoms with E-state index >= 15 is 0 Å². The van der Waals surface area contributed by atoms with Crippen molar-refractivity contribution < 1.29 is 8.78 Å². The number of alkyl halides is 3. The first-order valence-electron chi connectivity index (χ1n) is 6.02. The molecule has 3 heteroatoms. The van der Waals surface area contributed by atoms with Crippen LogP contribution in [-0.2, 0) is 0 Å². The van der Waals surface area contributed by atoms with Gasteiger partial charge in [0.05, 0.1) is 0 Å². The van der Waals surface area contributed by atoms with Crippen LogP contribution in [0.25, 0.3) is 0 Å². The van der Waals surface area contributed by atoms with Crippen LogP contribution in [0.3, 0.4) is 0 Å². The SMILES string of the molecule is FC1(F)CCCCC1CC1(CCl)CCC1. The van der Waals surface area contributed by atoms with Gasteiger partial charge >= 0.3 is 0 Å². The van der Waals surface area contributed by atoms with Crippen molar-refractivity contribution in [2.45, 2.75) is 57.3 Å². The highest BCUT2D eigenvalue weighted by Gasteiger charge is 2.47. The van der Waals surface area contributed by atoms with E-state index in [0.717, 1.165) is 19.3 Å². The van der Waals surface area contributed by atoms with E-state index in [1.165, 1.54) is 6.42 Å². The number of rotatable bonds is 3. The molecule has 0 aromatic rings. The molecule has 0 heterocycles. The largest absolute Gasteiger partial charge is 0.250 e. The van der Waals surface area contributed by atoms with E-state index in [1.54, 1.807) is 0 Å². The molecular weight excluding hydrogens is 218 g/mol. The van der Waals surface area contributed by atoms with Gasteiger partial charge in [-0.05, 0) is 37.5 Å². The molecule has 0 N–H and O–H groups in total. The predicted octanol–water partition coefficient (Wildman–Crippen LogP) is 4.61. The number of hydrogen-bond acceptors (Lipinski definition) is 0. The maximum Gasteiger partial charge on any atom is 0.250 e. The average molecular weight is 237 g/mol. The summed E-state index contributed by atoms with van der Waals surface area (Å²) in [6.45, 7) is 0. The Hall–Kier alpha value is 0.150. The van der Waals surface area contributed by atoms with Crippen molar-refractivity contribution in [3.63, 3.8) is 0 Å². The Bertz CT molecular complexity index is 218. The summed E-state index contributed by atoms with van der Waals surface area (Å²) < 4.78 is 27.3. The molecule has 0 aromatic carbocycles. The third-order valence-corrected chi connectivity index (χ3v) is 4.85. The zero-order chi connectivity index (χ0) is 10.9. The van der Waals surface area contributed by atoms with Crippen LogP contribution in [0.4, 0.5) is 8.78 Å². The first kappa shape index (κ1) is 11.6. The highest BCUT2D eigenvalue weighted by molar-refractivity contribution is 6.18. The normalized spacial score (nSPS) is 33.4. The fraction of sp³-hybridized carbons (Fsp3) is 1.00. The summed E-state index contributed by atoms with van der Waals surface area (Å²) in [4.78, 5) is 0. The lowest BCUT2D eigenvalue weighted by atomic mass is 9.63. The number of halogens is 3. The van der Waals surface area contributed by atoms with Gasteiger partial charge in [0, 0.05) is 18.2 Å². The van der Waals surface area contributed by atoms with Gasteiger partial charge < -0.3 is 0 Å². The summed E-state index contributed by atoms with van der Waals surface area (Å²) in [6, 6.07) is 0. The molecule has 0 spiro atoms. The predicted molar refractivity (Wildman–Crippen MR) is 58.5 cm³/mol. The van der Waals surface area contributed by atoms with Crippen LogP contribution < -0.4 is 0 Å². The molecule has 88 valence electrons. The van der Waals surface area contributed by atoms with Crippen LogP contribution in [0.5, 0.6) is 0 Å². The van der Waals surface area contributed by atoms with Crippen molar-refractivity contribution >= 4 is 11.6 Å². The zero-order valence-electron chi connectivity index (χ0n) is 9.08. The maximum atomic E-state index is 13.7. The fourth-order valence-corrected chi connectivity index (χ4v) is 3.39. The van der Waals surface area contributed by atoms with Gasteiger partial charge in [0.25, 0.3) is 5.92 Å². The van der Waals surface area contributed by atoms with E-state index in [0.29, 0.717) is 25.1 Å². The highest BCUT2D eigenvalue weighted by atomic mass is 35.5. The van der Waals surface area contributed by atoms with Crippen LogP contribution in [0.1, 0.15) is 51.4 Å². The second-order valence-electron chi connectivity index (χ2n) is 5.40. The molecule has 2 rings (SSSR count). The van der Waals surface area contributed by atoms with Gasteiger partial charge in [0.2, 0.25) is 0 Å². The second kappa shape index (κ2) is 4.20. The lowest BCUT2D eigenvalue weighted by Crippen LogP contribution is -2.40. The fourth-order valence-electron chi connectivity index (χ4n) is 3.01. The molecule has 2 fully saturated rings. The summed E-state index contributed by atoms with van der Waals surface area (Å²) >= 11 is 5.93. The molecule has 1 atom stereocenters. The third kappa shape index (κ3) is 2.30. The molecule has 0 bridgehead atoms. The van der Waals surface area contributed by atoms with Gasteiger partial charge in [0.15, 0.2) is 0 Å². The summed E-state index contributed by atoms with van der Waals surface area (Å²) in [5.41, 5.74) is 0.0625. The van der Waals surface area contributed by atoms with Crippen molar-refractivity contribution in [1.29, 1.82) is 0 Å². The minimum atomic E-state index is -2.42. The Kier molecular flexibility index (Phi) is 3.25. The van der Waals surface area contributed by atoms with Gasteiger partial charge in [-0.3, -0.25) is 0 Å². The Balaban J connectivity index is 1.97. The van der Waals surface area contributed by atoms with Gasteiger partial charge in [-0.25, -0.2) is 8.78 Å². The third-order valence-electron chi connectivity index (χ3n) is 4.29. The molecular formula is C12H19ClF2. The van der Waals surface area contributed by atoms with Crippen molar-refractivity contribution in [2.75, 3.05) is 5.88 Å². The minimum Gasteiger partial charge on any atom is -0.207 e. The summed E-state index contributed by atoms with van der Waals surface area (Å²) in [5, 5.41) is 0. The Morgan fingerprint density at radius 2 is 1.80 bits per heavy atom. The first-order chi connectivity index (χ1) is 7.08. The molecule has 0 aromatic heterocycles. The Morgan fingerprint density at radius 3 is 2.27 bits per heavy atom. The standard InChI is InChI=1S/C12H19ClF2/c13-9-11(5-3-6-11)8-10-4-1-2-7-12(10,14)15/h10H,1-9H2. The first-order valence-corrected chi connectivity index (χ1v) is 6.55. The maximum absolute atomic E-state index is 13.7. The number of hydrogen-bond donors (Lipinski definition) is 0. The van der Waals surface area contributed by atoms with Crippen molar-refractivity contribution in [1.82, 2.24) is 0 Å². The molecule has 1 unspecified atom stereocenters. The van der Waals surface area contributed by atoms with Gasteiger partial charge in [-0.2, -0.15) is 0 Å². The molecule has 0 aliphatic heterocycles. The smallest absolute Gasteiger partial charge is 0.207 e. The van der Waals surface area contributed by atoms with E-state index in [9.17, 15) is 8.78 Å². The van der Waals surface area contributed by atoms with Crippen molar-refractivity contribution in [3.8, 4) is 0 Å². The van der Waals surface area contributed by atoms with E-state index in [1.807, 2.05) is 0 Å². The van der Waals surface area contributed by atoms with E-state index in [2.05, 4.69) is 0 Å². The Morgan fingerprint density at radius 1 is 1.07 bits per heavy atom. The molecule has 2 aliphatic carbocycles. The minimum absolute atomic E-state index is 0.0625. The molecule has 0 radical (unpaired) electrons. The van der Waals surface area contributed by atoms with Gasteiger partial charge in [-0.15, -0.1) is 11.6 Å². The van der Waals surface area contributed by atoms with Gasteiger partial charge in [0.1, 0.15) is 0 Å². The van der Waals surface area contributed by atoms with Gasteiger partial charge in [-0.1, -0.05) is 12.8 Å². The molecule has 0 amide bonds. The highest BCUT2D eigenvalue weighted by Crippen LogP contribution is 2.52. The lowest BCUT2D eigenvalue weighted by molar-refractivity contribution is -0.105. The van der Waals surface area contributed by atoms with E-state index in [-0.39, 0.29) is 11.8 Å². The zero-order valence-corrected chi connectivity index (χ0v) is 9.83. The van der Waals surface area contributed by atoms with Crippen molar-refractivity contribution in [2.24, 2.45) is 11.3 Å². The van der Waals surface area contributed by atoms with Crippen LogP contribution in [0, 0.1) is 11.3 Å². The topological polar surface area (TPSA) is 0 Å². The van der Waals surface area contributed by atoms with Crippen LogP contribution in [0.2, 0.25) is 0 Å². The van der Waals surface area contributed by atoms with E-state index in [4.69, 9.17) is 11.6 Å². The quantitative estimate of drug-likeness (QED) is 0.628. The second-order valence-corrected chi connectivity index (χ2v) is 5.66. The average Bonchev–Trinajstić information content (AvgIpc) is 2.13. The molecule has 2 saturated carbocycles. The molecule has 15 heavy (non-hydrogen) atoms. The van der Waals surface area contributed by atoms with E-state index < -0.39 is 11.8 Å². The Labute approximate surface area is 95.4 Å². The van der Waals surface area contributed by atoms with Crippen LogP contribution in [-0.4, -0.2) is 11.8 Å². The summed E-state index contributed by atoms with van der Waals surface area (Å²) in [5.74, 6) is -2.25. The monoisotopic (exact) mass is 236 g/mol. The molecule has 0 nitrogen and oxygen atoms in total. The molecule has 0 saturated heterocycles.